The fraction of sp³-hybridized carbons (Fsp3) is 0.833. The summed E-state index contributed by atoms with van der Waals surface area (Å²) in [5.74, 6) is -2.93. The van der Waals surface area contributed by atoms with Crippen molar-refractivity contribution in [3.8, 4) is 0 Å². The van der Waals surface area contributed by atoms with Gasteiger partial charge in [-0.25, -0.2) is 0 Å². The SMILES string of the molecule is [2H][C@H](C([2H])(C)C)[C@]([2H])(N)[13C](=O)O. The van der Waals surface area contributed by atoms with Gasteiger partial charge in [-0.15, -0.1) is 0 Å². The van der Waals surface area contributed by atoms with E-state index in [-0.39, 0.29) is 0 Å². The first-order valence-electron chi connectivity index (χ1n) is 4.12. The molecule has 54 valence electrons. The fourth-order valence-electron chi connectivity index (χ4n) is 0.373. The molecule has 0 aliphatic heterocycles. The maximum absolute atomic E-state index is 10.4. The number of aliphatic carboxylic acids is 1. The third-order valence-corrected chi connectivity index (χ3v) is 0.691. The Balaban J connectivity index is 4.69. The van der Waals surface area contributed by atoms with E-state index in [4.69, 9.17) is 15.0 Å². The topological polar surface area (TPSA) is 63.3 Å². The summed E-state index contributed by atoms with van der Waals surface area (Å²) in [4.78, 5) is 10.4. The summed E-state index contributed by atoms with van der Waals surface area (Å²) in [6.07, 6.45) is -1.48. The second kappa shape index (κ2) is 3.45. The normalized spacial score (nSPS) is 26.8. The lowest BCUT2D eigenvalue weighted by atomic mass is 10.1. The Morgan fingerprint density at radius 1 is 2.00 bits per heavy atom. The van der Waals surface area contributed by atoms with Gasteiger partial charge in [0, 0.05) is 2.74 Å². The van der Waals surface area contributed by atoms with Gasteiger partial charge in [-0.3, -0.25) is 4.79 Å². The van der Waals surface area contributed by atoms with Crippen LogP contribution in [-0.2, 0) is 4.79 Å². The Morgan fingerprint density at radius 3 is 2.56 bits per heavy atom. The van der Waals surface area contributed by atoms with Gasteiger partial charge in [0.1, 0.15) is 6.02 Å². The Morgan fingerprint density at radius 2 is 2.44 bits per heavy atom. The van der Waals surface area contributed by atoms with Crippen molar-refractivity contribution in [3.63, 3.8) is 0 Å². The molecule has 3 nitrogen and oxygen atoms in total. The maximum atomic E-state index is 10.4. The van der Waals surface area contributed by atoms with Crippen molar-refractivity contribution >= 4 is 5.97 Å². The van der Waals surface area contributed by atoms with E-state index in [9.17, 15) is 4.79 Å². The molecule has 0 spiro atoms. The molecule has 0 fully saturated rings. The molecule has 0 aliphatic rings. The number of hydrogen-bond donors (Lipinski definition) is 2. The number of carboxylic acids is 1. The molecule has 0 radical (unpaired) electrons. The number of carboxylic acid groups (broad SMARTS) is 1. The lowest BCUT2D eigenvalue weighted by Crippen LogP contribution is -2.31. The fourth-order valence-corrected chi connectivity index (χ4v) is 0.373. The molecule has 0 aliphatic carbocycles. The smallest absolute Gasteiger partial charge is 0.320 e. The minimum atomic E-state index is -2.41. The van der Waals surface area contributed by atoms with Crippen molar-refractivity contribution in [2.75, 3.05) is 0 Å². The van der Waals surface area contributed by atoms with Crippen molar-refractivity contribution in [2.24, 2.45) is 11.6 Å². The summed E-state index contributed by atoms with van der Waals surface area (Å²) in [5.41, 5.74) is 5.05. The summed E-state index contributed by atoms with van der Waals surface area (Å²) in [7, 11) is 0. The van der Waals surface area contributed by atoms with Crippen LogP contribution in [0.3, 0.4) is 0 Å². The first kappa shape index (κ1) is 4.28. The van der Waals surface area contributed by atoms with Crippen LogP contribution in [0.1, 0.15) is 24.4 Å². The Bertz CT molecular complexity index is 188. The molecule has 0 aromatic carbocycles. The summed E-state index contributed by atoms with van der Waals surface area (Å²) in [6, 6.07) is -2.41. The van der Waals surface area contributed by atoms with E-state index in [2.05, 4.69) is 0 Å². The van der Waals surface area contributed by atoms with E-state index in [0.717, 1.165) is 0 Å². The molecule has 0 unspecified atom stereocenters. The molecular formula is C6H13NO2. The van der Waals surface area contributed by atoms with Crippen LogP contribution in [0, 0.1) is 5.89 Å². The van der Waals surface area contributed by atoms with E-state index in [0.29, 0.717) is 0 Å². The van der Waals surface area contributed by atoms with Gasteiger partial charge in [0.15, 0.2) is 0 Å². The minimum absolute atomic E-state index is 1.35. The quantitative estimate of drug-likeness (QED) is 0.552. The zero-order valence-electron chi connectivity index (χ0n) is 8.51. The molecule has 2 atom stereocenters. The van der Waals surface area contributed by atoms with Crippen molar-refractivity contribution in [2.45, 2.75) is 26.3 Å². The zero-order chi connectivity index (χ0) is 10.2. The van der Waals surface area contributed by atoms with Crippen LogP contribution in [0.15, 0.2) is 0 Å². The van der Waals surface area contributed by atoms with Crippen LogP contribution >= 0.6 is 0 Å². The molecule has 0 rings (SSSR count). The molecule has 3 N–H and O–H groups in total. The highest BCUT2D eigenvalue weighted by molar-refractivity contribution is 5.72. The lowest BCUT2D eigenvalue weighted by Gasteiger charge is -2.07. The summed E-state index contributed by atoms with van der Waals surface area (Å²) in [6.45, 7) is 2.70. The Labute approximate surface area is 59.1 Å². The summed E-state index contributed by atoms with van der Waals surface area (Å²) < 4.78 is 21.7. The van der Waals surface area contributed by atoms with Crippen molar-refractivity contribution in [1.29, 1.82) is 0 Å². The van der Waals surface area contributed by atoms with Crippen LogP contribution in [0.25, 0.3) is 0 Å². The van der Waals surface area contributed by atoms with E-state index in [1.165, 1.54) is 13.8 Å². The minimum Gasteiger partial charge on any atom is -0.480 e. The largest absolute Gasteiger partial charge is 0.480 e. The van der Waals surface area contributed by atoms with Crippen LogP contribution < -0.4 is 5.73 Å². The average Bonchev–Trinajstić information content (AvgIpc) is 1.83. The van der Waals surface area contributed by atoms with Crippen LogP contribution in [-0.4, -0.2) is 17.1 Å². The predicted octanol–water partition coefficient (Wildman–Crippen LogP) is 0.444. The molecular weight excluding hydrogens is 119 g/mol. The summed E-state index contributed by atoms with van der Waals surface area (Å²) in [5, 5.41) is 8.46. The molecule has 0 aromatic heterocycles. The van der Waals surface area contributed by atoms with Gasteiger partial charge >= 0.3 is 5.97 Å². The van der Waals surface area contributed by atoms with E-state index in [1.54, 1.807) is 0 Å². The van der Waals surface area contributed by atoms with E-state index in [1.807, 2.05) is 0 Å². The molecule has 0 amide bonds. The molecule has 0 bridgehead atoms. The van der Waals surface area contributed by atoms with E-state index >= 15 is 0 Å². The molecule has 0 saturated heterocycles. The van der Waals surface area contributed by atoms with Gasteiger partial charge in [0.05, 0.1) is 1.37 Å². The lowest BCUT2D eigenvalue weighted by molar-refractivity contribution is -0.138. The van der Waals surface area contributed by atoms with Crippen LogP contribution in [0.4, 0.5) is 0 Å². The zero-order valence-corrected chi connectivity index (χ0v) is 5.51. The number of rotatable bonds is 3. The maximum Gasteiger partial charge on any atom is 0.320 e. The van der Waals surface area contributed by atoms with Gasteiger partial charge in [0.2, 0.25) is 0 Å². The highest BCUT2D eigenvalue weighted by Crippen LogP contribution is 2.01. The van der Waals surface area contributed by atoms with Gasteiger partial charge in [-0.05, 0) is 12.3 Å². The predicted molar refractivity (Wildman–Crippen MR) is 35.1 cm³/mol. The van der Waals surface area contributed by atoms with Gasteiger partial charge in [-0.2, -0.15) is 0 Å². The number of hydrogen-bond acceptors (Lipinski definition) is 2. The van der Waals surface area contributed by atoms with Gasteiger partial charge in [-0.1, -0.05) is 13.8 Å². The third kappa shape index (κ3) is 3.97. The highest BCUT2D eigenvalue weighted by atomic mass is 16.5. The summed E-state index contributed by atoms with van der Waals surface area (Å²) >= 11 is 0. The first-order chi connectivity index (χ1) is 5.10. The monoisotopic (exact) mass is 135 g/mol. The number of carbonyl (C=O) groups is 1. The van der Waals surface area contributed by atoms with Crippen LogP contribution in [0.5, 0.6) is 0 Å². The standard InChI is InChI=1S/C6H13NO2/c1-4(2)3-5(7)6(8)9/h4-5H,3,7H2,1-2H3,(H,8,9)/t5-/m0/s1/i3D,4D,5D,6+1/t3-,5+/m1. The highest BCUT2D eigenvalue weighted by Gasteiger charge is 2.11. The second-order valence-electron chi connectivity index (χ2n) is 1.98. The second-order valence-corrected chi connectivity index (χ2v) is 1.98. The average molecular weight is 135 g/mol. The number of nitrogens with two attached hydrogens (primary N) is 1. The Hall–Kier alpha value is -0.570. The molecule has 0 saturated carbocycles. The van der Waals surface area contributed by atoms with Crippen LogP contribution in [0.2, 0.25) is 0 Å². The molecule has 0 heterocycles. The molecule has 0 aromatic rings. The van der Waals surface area contributed by atoms with Crippen molar-refractivity contribution in [1.82, 2.24) is 0 Å². The van der Waals surface area contributed by atoms with Crippen molar-refractivity contribution < 1.29 is 14.0 Å². The molecule has 9 heavy (non-hydrogen) atoms. The van der Waals surface area contributed by atoms with Gasteiger partial charge in [0.25, 0.3) is 0 Å². The van der Waals surface area contributed by atoms with E-state index < -0.39 is 24.3 Å². The first-order valence-corrected chi connectivity index (χ1v) is 2.54. The Kier molecular flexibility index (Phi) is 1.64. The van der Waals surface area contributed by atoms with Gasteiger partial charge < -0.3 is 10.8 Å². The molecule has 3 heteroatoms. The van der Waals surface area contributed by atoms with Crippen molar-refractivity contribution in [3.05, 3.63) is 0 Å². The third-order valence-electron chi connectivity index (χ3n) is 0.691.